The molecule has 1 aromatic heterocycles. The lowest BCUT2D eigenvalue weighted by Crippen LogP contribution is -2.21. The van der Waals surface area contributed by atoms with Gasteiger partial charge in [0.05, 0.1) is 25.6 Å². The molecule has 2 N–H and O–H groups in total. The Morgan fingerprint density at radius 2 is 1.54 bits per heavy atom. The minimum atomic E-state index is -0.410. The lowest BCUT2D eigenvalue weighted by molar-refractivity contribution is -0.118. The van der Waals surface area contributed by atoms with Gasteiger partial charge in [0, 0.05) is 23.3 Å². The summed E-state index contributed by atoms with van der Waals surface area (Å²) in [7, 11) is 2.92. The van der Waals surface area contributed by atoms with Crippen molar-refractivity contribution in [1.29, 1.82) is 0 Å². The maximum atomic E-state index is 12.5. The van der Waals surface area contributed by atoms with Crippen LogP contribution in [0.15, 0.2) is 77.5 Å². The molecule has 0 saturated heterocycles. The second-order valence-corrected chi connectivity index (χ2v) is 7.18. The summed E-state index contributed by atoms with van der Waals surface area (Å²) in [4.78, 5) is 25.1. The number of hydrogen-bond acceptors (Lipinski definition) is 8. The van der Waals surface area contributed by atoms with Crippen molar-refractivity contribution >= 4 is 23.2 Å². The van der Waals surface area contributed by atoms with Gasteiger partial charge in [0.2, 0.25) is 12.3 Å². The number of carbonyl (C=O) groups is 2. The van der Waals surface area contributed by atoms with E-state index in [1.165, 1.54) is 20.6 Å². The Morgan fingerprint density at radius 1 is 0.886 bits per heavy atom. The number of amides is 2. The number of ether oxygens (including phenoxy) is 3. The van der Waals surface area contributed by atoms with Crippen molar-refractivity contribution in [3.05, 3.63) is 78.7 Å². The molecule has 0 spiro atoms. The highest BCUT2D eigenvalue weighted by Crippen LogP contribution is 2.36. The maximum Gasteiger partial charge on any atom is 0.262 e. The number of methoxy groups -OCH3 is 2. The van der Waals surface area contributed by atoms with Crippen LogP contribution in [0.25, 0.3) is 11.5 Å². The lowest BCUT2D eigenvalue weighted by Gasteiger charge is -2.16. The number of nitrogens with one attached hydrogen (secondary N) is 2. The van der Waals surface area contributed by atoms with Crippen LogP contribution in [0.3, 0.4) is 0 Å². The molecule has 0 unspecified atom stereocenters. The SMILES string of the molecule is COc1cc(NC(=O)c2ccccc2)c(OC)cc1NC(=O)COc1ccc(-c2nnco2)cc1. The van der Waals surface area contributed by atoms with E-state index in [2.05, 4.69) is 20.8 Å². The highest BCUT2D eigenvalue weighted by Gasteiger charge is 2.16. The van der Waals surface area contributed by atoms with E-state index in [9.17, 15) is 9.59 Å². The number of hydrogen-bond donors (Lipinski definition) is 2. The number of aromatic nitrogens is 2. The van der Waals surface area contributed by atoms with E-state index in [-0.39, 0.29) is 12.5 Å². The first-order valence-corrected chi connectivity index (χ1v) is 10.5. The molecular formula is C25H22N4O6. The van der Waals surface area contributed by atoms with Gasteiger partial charge in [-0.2, -0.15) is 0 Å². The fourth-order valence-corrected chi connectivity index (χ4v) is 3.20. The summed E-state index contributed by atoms with van der Waals surface area (Å²) in [5.74, 6) is 0.855. The molecule has 0 aliphatic carbocycles. The first kappa shape index (κ1) is 23.3. The van der Waals surface area contributed by atoms with E-state index >= 15 is 0 Å². The molecule has 4 aromatic rings. The molecule has 0 aliphatic rings. The van der Waals surface area contributed by atoms with Gasteiger partial charge >= 0.3 is 0 Å². The topological polar surface area (TPSA) is 125 Å². The Morgan fingerprint density at radius 3 is 2.14 bits per heavy atom. The molecular weight excluding hydrogens is 452 g/mol. The molecule has 3 aromatic carbocycles. The molecule has 0 aliphatic heterocycles. The van der Waals surface area contributed by atoms with Gasteiger partial charge in [0.15, 0.2) is 6.61 Å². The number of carbonyl (C=O) groups excluding carboxylic acids is 2. The summed E-state index contributed by atoms with van der Waals surface area (Å²) >= 11 is 0. The zero-order chi connectivity index (χ0) is 24.6. The summed E-state index contributed by atoms with van der Waals surface area (Å²) in [6.45, 7) is -0.238. The van der Waals surface area contributed by atoms with Crippen LogP contribution in [0.1, 0.15) is 10.4 Å². The fourth-order valence-electron chi connectivity index (χ4n) is 3.20. The highest BCUT2D eigenvalue weighted by atomic mass is 16.5. The van der Waals surface area contributed by atoms with E-state index in [0.29, 0.717) is 40.1 Å². The first-order valence-electron chi connectivity index (χ1n) is 10.5. The van der Waals surface area contributed by atoms with Crippen LogP contribution in [0.4, 0.5) is 11.4 Å². The molecule has 178 valence electrons. The summed E-state index contributed by atoms with van der Waals surface area (Å²) in [5.41, 5.74) is 1.99. The molecule has 1 heterocycles. The van der Waals surface area contributed by atoms with E-state index in [4.69, 9.17) is 18.6 Å². The van der Waals surface area contributed by atoms with Gasteiger partial charge in [-0.05, 0) is 36.4 Å². The normalized spacial score (nSPS) is 10.3. The van der Waals surface area contributed by atoms with Gasteiger partial charge < -0.3 is 29.3 Å². The van der Waals surface area contributed by atoms with Crippen molar-refractivity contribution in [2.75, 3.05) is 31.5 Å². The van der Waals surface area contributed by atoms with Crippen molar-refractivity contribution in [2.45, 2.75) is 0 Å². The first-order chi connectivity index (χ1) is 17.1. The van der Waals surface area contributed by atoms with Gasteiger partial charge in [0.25, 0.3) is 11.8 Å². The van der Waals surface area contributed by atoms with Crippen LogP contribution in [0.2, 0.25) is 0 Å². The zero-order valence-corrected chi connectivity index (χ0v) is 19.0. The van der Waals surface area contributed by atoms with Crippen LogP contribution in [0.5, 0.6) is 17.2 Å². The molecule has 0 saturated carbocycles. The fraction of sp³-hybridized carbons (Fsp3) is 0.120. The van der Waals surface area contributed by atoms with Crippen LogP contribution in [0, 0.1) is 0 Å². The van der Waals surface area contributed by atoms with Crippen LogP contribution < -0.4 is 24.8 Å². The quantitative estimate of drug-likeness (QED) is 0.373. The smallest absolute Gasteiger partial charge is 0.262 e. The Balaban J connectivity index is 1.41. The summed E-state index contributed by atoms with van der Waals surface area (Å²) < 4.78 is 21.5. The van der Waals surface area contributed by atoms with Gasteiger partial charge in [0.1, 0.15) is 17.2 Å². The van der Waals surface area contributed by atoms with Crippen LogP contribution in [-0.4, -0.2) is 42.8 Å². The van der Waals surface area contributed by atoms with E-state index < -0.39 is 5.91 Å². The monoisotopic (exact) mass is 474 g/mol. The average Bonchev–Trinajstić information content (AvgIpc) is 3.44. The van der Waals surface area contributed by atoms with E-state index in [0.717, 1.165) is 5.56 Å². The molecule has 35 heavy (non-hydrogen) atoms. The van der Waals surface area contributed by atoms with Gasteiger partial charge in [-0.3, -0.25) is 9.59 Å². The number of nitrogens with zero attached hydrogens (tertiary/aromatic N) is 2. The molecule has 0 fully saturated rings. The van der Waals surface area contributed by atoms with Gasteiger partial charge in [-0.1, -0.05) is 18.2 Å². The van der Waals surface area contributed by atoms with Crippen molar-refractivity contribution in [3.8, 4) is 28.7 Å². The molecule has 10 heteroatoms. The minimum absolute atomic E-state index is 0.238. The Bertz CT molecular complexity index is 1290. The largest absolute Gasteiger partial charge is 0.494 e. The summed E-state index contributed by atoms with van der Waals surface area (Å²) in [6, 6.07) is 18.8. The number of rotatable bonds is 9. The molecule has 10 nitrogen and oxygen atoms in total. The third-order valence-corrected chi connectivity index (χ3v) is 4.91. The number of anilines is 2. The zero-order valence-electron chi connectivity index (χ0n) is 19.0. The third-order valence-electron chi connectivity index (χ3n) is 4.91. The minimum Gasteiger partial charge on any atom is -0.494 e. The lowest BCUT2D eigenvalue weighted by atomic mass is 10.2. The van der Waals surface area contributed by atoms with Crippen molar-refractivity contribution in [1.82, 2.24) is 10.2 Å². The Labute approximate surface area is 200 Å². The van der Waals surface area contributed by atoms with E-state index in [1.807, 2.05) is 6.07 Å². The predicted octanol–water partition coefficient (Wildman–Crippen LogP) is 4.02. The molecule has 0 atom stereocenters. The molecule has 0 radical (unpaired) electrons. The van der Waals surface area contributed by atoms with Crippen LogP contribution in [-0.2, 0) is 4.79 Å². The second-order valence-electron chi connectivity index (χ2n) is 7.18. The molecule has 4 rings (SSSR count). The van der Waals surface area contributed by atoms with Crippen molar-refractivity contribution in [2.24, 2.45) is 0 Å². The molecule has 2 amide bonds. The van der Waals surface area contributed by atoms with Gasteiger partial charge in [-0.25, -0.2) is 0 Å². The standard InChI is InChI=1S/C25H22N4O6/c1-32-21-13-20(28-24(31)16-6-4-3-5-7-16)22(33-2)12-19(21)27-23(30)14-34-18-10-8-17(9-11-18)25-29-26-15-35-25/h3-13,15H,14H2,1-2H3,(H,27,30)(H,28,31). The third kappa shape index (κ3) is 5.74. The Hall–Kier alpha value is -4.86. The van der Waals surface area contributed by atoms with E-state index in [1.54, 1.807) is 60.7 Å². The second kappa shape index (κ2) is 10.8. The highest BCUT2D eigenvalue weighted by molar-refractivity contribution is 6.05. The number of benzene rings is 3. The van der Waals surface area contributed by atoms with Crippen molar-refractivity contribution < 1.29 is 28.2 Å². The predicted molar refractivity (Wildman–Crippen MR) is 128 cm³/mol. The van der Waals surface area contributed by atoms with Crippen LogP contribution >= 0.6 is 0 Å². The summed E-state index contributed by atoms with van der Waals surface area (Å²) in [5, 5.41) is 13.0. The maximum absolute atomic E-state index is 12.5. The van der Waals surface area contributed by atoms with Gasteiger partial charge in [-0.15, -0.1) is 10.2 Å². The van der Waals surface area contributed by atoms with Crippen molar-refractivity contribution in [3.63, 3.8) is 0 Å². The molecule has 0 bridgehead atoms. The summed E-state index contributed by atoms with van der Waals surface area (Å²) in [6.07, 6.45) is 1.25. The average molecular weight is 474 g/mol. The Kier molecular flexibility index (Phi) is 7.22.